The Kier molecular flexibility index (Phi) is 6.25. The molecule has 1 amide bonds. The highest BCUT2D eigenvalue weighted by Crippen LogP contribution is 2.25. The van der Waals surface area contributed by atoms with Crippen molar-refractivity contribution in [2.75, 3.05) is 45.8 Å². The zero-order chi connectivity index (χ0) is 18.5. The van der Waals surface area contributed by atoms with E-state index in [4.69, 9.17) is 0 Å². The van der Waals surface area contributed by atoms with E-state index >= 15 is 0 Å². The SMILES string of the molecule is O=C([C@H]1CCCN(C2CCN(CCc3ccccc3)CC2)C1)N1CC=CC1. The van der Waals surface area contributed by atoms with Gasteiger partial charge in [-0.2, -0.15) is 0 Å². The van der Waals surface area contributed by atoms with E-state index in [0.717, 1.165) is 32.5 Å². The van der Waals surface area contributed by atoms with E-state index < -0.39 is 0 Å². The number of amides is 1. The zero-order valence-electron chi connectivity index (χ0n) is 16.4. The van der Waals surface area contributed by atoms with Crippen LogP contribution in [0.3, 0.4) is 0 Å². The molecule has 0 radical (unpaired) electrons. The summed E-state index contributed by atoms with van der Waals surface area (Å²) in [5.41, 5.74) is 1.44. The van der Waals surface area contributed by atoms with Crippen molar-refractivity contribution >= 4 is 5.91 Å². The van der Waals surface area contributed by atoms with Crippen molar-refractivity contribution in [3.63, 3.8) is 0 Å². The summed E-state index contributed by atoms with van der Waals surface area (Å²) in [4.78, 5) is 20.0. The lowest BCUT2D eigenvalue weighted by atomic mass is 9.93. The predicted octanol–water partition coefficient (Wildman–Crippen LogP) is 2.80. The number of likely N-dealkylation sites (tertiary alicyclic amines) is 2. The van der Waals surface area contributed by atoms with Gasteiger partial charge in [0.25, 0.3) is 0 Å². The molecule has 0 aliphatic carbocycles. The van der Waals surface area contributed by atoms with Crippen molar-refractivity contribution in [1.82, 2.24) is 14.7 Å². The van der Waals surface area contributed by atoms with Crippen molar-refractivity contribution in [2.24, 2.45) is 5.92 Å². The van der Waals surface area contributed by atoms with Crippen LogP contribution in [0.4, 0.5) is 0 Å². The summed E-state index contributed by atoms with van der Waals surface area (Å²) in [6, 6.07) is 11.5. The van der Waals surface area contributed by atoms with Crippen LogP contribution in [0.5, 0.6) is 0 Å². The Morgan fingerprint density at radius 2 is 1.70 bits per heavy atom. The highest BCUT2D eigenvalue weighted by molar-refractivity contribution is 5.79. The van der Waals surface area contributed by atoms with Gasteiger partial charge in [0.05, 0.1) is 5.92 Å². The minimum Gasteiger partial charge on any atom is -0.335 e. The van der Waals surface area contributed by atoms with Gasteiger partial charge in [0, 0.05) is 32.2 Å². The molecule has 4 nitrogen and oxygen atoms in total. The Bertz CT molecular complexity index is 628. The fraction of sp³-hybridized carbons (Fsp3) is 0.609. The van der Waals surface area contributed by atoms with Gasteiger partial charge in [-0.1, -0.05) is 42.5 Å². The van der Waals surface area contributed by atoms with Gasteiger partial charge in [-0.05, 0) is 57.3 Å². The van der Waals surface area contributed by atoms with Gasteiger partial charge >= 0.3 is 0 Å². The van der Waals surface area contributed by atoms with Gasteiger partial charge in [-0.3, -0.25) is 9.69 Å². The van der Waals surface area contributed by atoms with E-state index in [2.05, 4.69) is 52.3 Å². The standard InChI is InChI=1S/C23H33N3O/c27-23(25-13-4-5-14-25)21-9-6-15-26(19-21)22-11-17-24(18-12-22)16-10-20-7-2-1-3-8-20/h1-5,7-8,21-22H,6,9-19H2/t21-/m0/s1. The molecule has 3 aliphatic rings. The first-order valence-corrected chi connectivity index (χ1v) is 10.7. The molecule has 4 rings (SSSR count). The third-order valence-electron chi connectivity index (χ3n) is 6.57. The third-order valence-corrected chi connectivity index (χ3v) is 6.57. The lowest BCUT2D eigenvalue weighted by molar-refractivity contribution is -0.136. The summed E-state index contributed by atoms with van der Waals surface area (Å²) in [5.74, 6) is 0.597. The first-order valence-electron chi connectivity index (χ1n) is 10.7. The maximum Gasteiger partial charge on any atom is 0.227 e. The molecule has 3 aliphatic heterocycles. The van der Waals surface area contributed by atoms with Gasteiger partial charge < -0.3 is 9.80 Å². The van der Waals surface area contributed by atoms with Crippen LogP contribution in [-0.2, 0) is 11.2 Å². The molecule has 146 valence electrons. The molecule has 3 heterocycles. The average molecular weight is 368 g/mol. The van der Waals surface area contributed by atoms with Crippen LogP contribution < -0.4 is 0 Å². The lowest BCUT2D eigenvalue weighted by Crippen LogP contribution is -2.51. The molecule has 0 bridgehead atoms. The van der Waals surface area contributed by atoms with Crippen molar-refractivity contribution < 1.29 is 4.79 Å². The molecular formula is C23H33N3O. The summed E-state index contributed by atoms with van der Waals surface area (Å²) in [6.45, 7) is 7.34. The van der Waals surface area contributed by atoms with Crippen molar-refractivity contribution in [2.45, 2.75) is 38.1 Å². The predicted molar refractivity (Wildman–Crippen MR) is 110 cm³/mol. The zero-order valence-corrected chi connectivity index (χ0v) is 16.4. The van der Waals surface area contributed by atoms with Crippen molar-refractivity contribution in [3.05, 3.63) is 48.0 Å². The molecule has 1 aromatic carbocycles. The van der Waals surface area contributed by atoms with Gasteiger partial charge in [0.2, 0.25) is 5.91 Å². The molecule has 0 saturated carbocycles. The molecular weight excluding hydrogens is 334 g/mol. The number of nitrogens with zero attached hydrogens (tertiary/aromatic N) is 3. The first kappa shape index (κ1) is 18.7. The number of hydrogen-bond acceptors (Lipinski definition) is 3. The second-order valence-corrected chi connectivity index (χ2v) is 8.36. The van der Waals surface area contributed by atoms with E-state index in [0.29, 0.717) is 11.9 Å². The normalized spacial score (nSPS) is 25.2. The van der Waals surface area contributed by atoms with Crippen LogP contribution in [0.2, 0.25) is 0 Å². The quantitative estimate of drug-likeness (QED) is 0.749. The van der Waals surface area contributed by atoms with Crippen LogP contribution in [0.25, 0.3) is 0 Å². The van der Waals surface area contributed by atoms with Crippen molar-refractivity contribution in [1.29, 1.82) is 0 Å². The van der Waals surface area contributed by atoms with E-state index in [1.807, 2.05) is 4.90 Å². The van der Waals surface area contributed by atoms with Gasteiger partial charge in [-0.25, -0.2) is 0 Å². The Morgan fingerprint density at radius 3 is 2.44 bits per heavy atom. The minimum atomic E-state index is 0.217. The summed E-state index contributed by atoms with van der Waals surface area (Å²) < 4.78 is 0. The molecule has 0 unspecified atom stereocenters. The second-order valence-electron chi connectivity index (χ2n) is 8.36. The maximum absolute atomic E-state index is 12.8. The molecule has 1 aromatic rings. The molecule has 27 heavy (non-hydrogen) atoms. The topological polar surface area (TPSA) is 26.8 Å². The van der Waals surface area contributed by atoms with Gasteiger partial charge in [-0.15, -0.1) is 0 Å². The molecule has 2 saturated heterocycles. The van der Waals surface area contributed by atoms with E-state index in [-0.39, 0.29) is 5.92 Å². The Balaban J connectivity index is 1.22. The number of piperidine rings is 2. The molecule has 0 spiro atoms. The Labute approximate surface area is 163 Å². The summed E-state index contributed by atoms with van der Waals surface area (Å²) in [5, 5.41) is 0. The lowest BCUT2D eigenvalue weighted by Gasteiger charge is -2.42. The Hall–Kier alpha value is -1.65. The van der Waals surface area contributed by atoms with E-state index in [1.54, 1.807) is 0 Å². The van der Waals surface area contributed by atoms with Gasteiger partial charge in [0.1, 0.15) is 0 Å². The van der Waals surface area contributed by atoms with Crippen LogP contribution in [0, 0.1) is 5.92 Å². The number of benzene rings is 1. The van der Waals surface area contributed by atoms with Crippen LogP contribution >= 0.6 is 0 Å². The number of rotatable bonds is 5. The summed E-state index contributed by atoms with van der Waals surface area (Å²) >= 11 is 0. The Morgan fingerprint density at radius 1 is 0.963 bits per heavy atom. The highest BCUT2D eigenvalue weighted by atomic mass is 16.2. The molecule has 0 aromatic heterocycles. The highest BCUT2D eigenvalue weighted by Gasteiger charge is 2.33. The monoisotopic (exact) mass is 367 g/mol. The van der Waals surface area contributed by atoms with Crippen LogP contribution in [0.1, 0.15) is 31.2 Å². The first-order chi connectivity index (χ1) is 13.3. The molecule has 0 N–H and O–H groups in total. The minimum absolute atomic E-state index is 0.217. The fourth-order valence-corrected chi connectivity index (χ4v) is 4.90. The molecule has 4 heteroatoms. The fourth-order valence-electron chi connectivity index (χ4n) is 4.90. The van der Waals surface area contributed by atoms with Crippen LogP contribution in [-0.4, -0.2) is 72.5 Å². The summed E-state index contributed by atoms with van der Waals surface area (Å²) in [6.07, 6.45) is 10.1. The second kappa shape index (κ2) is 9.03. The largest absolute Gasteiger partial charge is 0.335 e. The van der Waals surface area contributed by atoms with E-state index in [9.17, 15) is 4.79 Å². The van der Waals surface area contributed by atoms with Gasteiger partial charge in [0.15, 0.2) is 0 Å². The molecule has 1 atom stereocenters. The van der Waals surface area contributed by atoms with E-state index in [1.165, 1.54) is 51.0 Å². The smallest absolute Gasteiger partial charge is 0.227 e. The number of carbonyl (C=O) groups is 1. The van der Waals surface area contributed by atoms with Crippen molar-refractivity contribution in [3.8, 4) is 0 Å². The number of carbonyl (C=O) groups excluding carboxylic acids is 1. The molecule has 2 fully saturated rings. The number of hydrogen-bond donors (Lipinski definition) is 0. The average Bonchev–Trinajstić information content (AvgIpc) is 3.28. The maximum atomic E-state index is 12.8. The summed E-state index contributed by atoms with van der Waals surface area (Å²) in [7, 11) is 0. The van der Waals surface area contributed by atoms with Crippen LogP contribution in [0.15, 0.2) is 42.5 Å². The third kappa shape index (κ3) is 4.80.